The van der Waals surface area contributed by atoms with Crippen LogP contribution < -0.4 is 10.0 Å². The van der Waals surface area contributed by atoms with Crippen molar-refractivity contribution in [2.24, 2.45) is 0 Å². The molecule has 0 unspecified atom stereocenters. The highest BCUT2D eigenvalue weighted by Crippen LogP contribution is 1.88. The van der Waals surface area contributed by atoms with E-state index in [2.05, 4.69) is 16.6 Å². The first-order valence-corrected chi connectivity index (χ1v) is 7.41. The van der Waals surface area contributed by atoms with Crippen LogP contribution in [-0.2, 0) is 14.8 Å². The summed E-state index contributed by atoms with van der Waals surface area (Å²) in [6.45, 7) is 11.1. The third-order valence-electron chi connectivity index (χ3n) is 1.84. The normalized spacial score (nSPS) is 12.0. The van der Waals surface area contributed by atoms with Crippen LogP contribution in [0.4, 0.5) is 0 Å². The fourth-order valence-electron chi connectivity index (χ4n) is 1.07. The van der Waals surface area contributed by atoms with Crippen LogP contribution in [0.1, 0.15) is 20.8 Å². The molecule has 0 amide bonds. The standard InChI is InChI=1S/C11H24N2O3S/c1-10(2)9-16-7-5-13-17(14,15)8-6-12-11(3)4/h11-13H,1,5-9H2,2-4H3. The van der Waals surface area contributed by atoms with E-state index in [1.807, 2.05) is 20.8 Å². The molecule has 0 saturated carbocycles. The molecule has 0 saturated heterocycles. The predicted octanol–water partition coefficient (Wildman–Crippen LogP) is 0.497. The van der Waals surface area contributed by atoms with Gasteiger partial charge in [-0.1, -0.05) is 26.0 Å². The lowest BCUT2D eigenvalue weighted by Gasteiger charge is -2.09. The van der Waals surface area contributed by atoms with Gasteiger partial charge in [0.05, 0.1) is 19.0 Å². The number of hydrogen-bond acceptors (Lipinski definition) is 4. The van der Waals surface area contributed by atoms with E-state index in [1.54, 1.807) is 0 Å². The molecule has 0 aliphatic heterocycles. The maximum Gasteiger partial charge on any atom is 0.212 e. The van der Waals surface area contributed by atoms with Crippen molar-refractivity contribution in [1.29, 1.82) is 0 Å². The Morgan fingerprint density at radius 3 is 2.53 bits per heavy atom. The number of hydrogen-bond donors (Lipinski definition) is 2. The van der Waals surface area contributed by atoms with Crippen molar-refractivity contribution in [1.82, 2.24) is 10.0 Å². The van der Waals surface area contributed by atoms with Crippen LogP contribution in [0.25, 0.3) is 0 Å². The first-order chi connectivity index (χ1) is 7.83. The van der Waals surface area contributed by atoms with Crippen molar-refractivity contribution in [2.75, 3.05) is 32.1 Å². The Morgan fingerprint density at radius 1 is 1.35 bits per heavy atom. The minimum atomic E-state index is -3.19. The van der Waals surface area contributed by atoms with Crippen molar-refractivity contribution in [2.45, 2.75) is 26.8 Å². The lowest BCUT2D eigenvalue weighted by molar-refractivity contribution is 0.162. The summed E-state index contributed by atoms with van der Waals surface area (Å²) in [5.74, 6) is 0.0890. The second-order valence-electron chi connectivity index (χ2n) is 4.33. The van der Waals surface area contributed by atoms with Gasteiger partial charge in [0.15, 0.2) is 0 Å². The highest BCUT2D eigenvalue weighted by molar-refractivity contribution is 7.89. The fraction of sp³-hybridized carbons (Fsp3) is 0.818. The minimum Gasteiger partial charge on any atom is -0.376 e. The molecule has 0 aliphatic carbocycles. The van der Waals surface area contributed by atoms with Gasteiger partial charge in [0, 0.05) is 19.1 Å². The second-order valence-corrected chi connectivity index (χ2v) is 6.26. The van der Waals surface area contributed by atoms with E-state index < -0.39 is 10.0 Å². The summed E-state index contributed by atoms with van der Waals surface area (Å²) in [5, 5.41) is 3.06. The molecule has 0 aromatic rings. The molecule has 0 aromatic carbocycles. The first kappa shape index (κ1) is 16.6. The molecule has 0 radical (unpaired) electrons. The summed E-state index contributed by atoms with van der Waals surface area (Å²) in [6, 6.07) is 0.295. The van der Waals surface area contributed by atoms with E-state index >= 15 is 0 Å². The van der Waals surface area contributed by atoms with Crippen LogP contribution in [0.2, 0.25) is 0 Å². The summed E-state index contributed by atoms with van der Waals surface area (Å²) >= 11 is 0. The molecular formula is C11H24N2O3S. The van der Waals surface area contributed by atoms with E-state index in [9.17, 15) is 8.42 Å². The number of sulfonamides is 1. The number of ether oxygens (including phenoxy) is 1. The van der Waals surface area contributed by atoms with Gasteiger partial charge in [-0.2, -0.15) is 0 Å². The van der Waals surface area contributed by atoms with Crippen molar-refractivity contribution >= 4 is 10.0 Å². The Labute approximate surface area is 105 Å². The zero-order valence-electron chi connectivity index (χ0n) is 11.0. The molecule has 102 valence electrons. The van der Waals surface area contributed by atoms with Crippen LogP contribution in [0.3, 0.4) is 0 Å². The van der Waals surface area contributed by atoms with Crippen molar-refractivity contribution in [3.63, 3.8) is 0 Å². The van der Waals surface area contributed by atoms with E-state index in [-0.39, 0.29) is 5.75 Å². The number of nitrogens with one attached hydrogen (secondary N) is 2. The van der Waals surface area contributed by atoms with Crippen LogP contribution >= 0.6 is 0 Å². The molecule has 0 fully saturated rings. The molecular weight excluding hydrogens is 240 g/mol. The molecule has 0 rings (SSSR count). The molecule has 5 nitrogen and oxygen atoms in total. The smallest absolute Gasteiger partial charge is 0.212 e. The summed E-state index contributed by atoms with van der Waals surface area (Å²) in [5.41, 5.74) is 0.925. The molecule has 0 aliphatic rings. The molecule has 0 atom stereocenters. The maximum absolute atomic E-state index is 11.5. The van der Waals surface area contributed by atoms with Gasteiger partial charge in [-0.3, -0.25) is 0 Å². The van der Waals surface area contributed by atoms with Gasteiger partial charge in [-0.05, 0) is 6.92 Å². The Kier molecular flexibility index (Phi) is 8.41. The molecule has 0 heterocycles. The van der Waals surface area contributed by atoms with E-state index in [0.717, 1.165) is 5.57 Å². The Hall–Kier alpha value is -0.430. The van der Waals surface area contributed by atoms with Crippen molar-refractivity contribution in [3.8, 4) is 0 Å². The molecule has 6 heteroatoms. The molecule has 2 N–H and O–H groups in total. The van der Waals surface area contributed by atoms with Crippen molar-refractivity contribution in [3.05, 3.63) is 12.2 Å². The largest absolute Gasteiger partial charge is 0.376 e. The van der Waals surface area contributed by atoms with E-state index in [1.165, 1.54) is 0 Å². The molecule has 17 heavy (non-hydrogen) atoms. The Morgan fingerprint density at radius 2 is 2.00 bits per heavy atom. The van der Waals surface area contributed by atoms with Crippen LogP contribution in [0.5, 0.6) is 0 Å². The summed E-state index contributed by atoms with van der Waals surface area (Å²) in [4.78, 5) is 0. The van der Waals surface area contributed by atoms with Crippen LogP contribution in [0, 0.1) is 0 Å². The second kappa shape index (κ2) is 8.63. The topological polar surface area (TPSA) is 67.4 Å². The third-order valence-corrected chi connectivity index (χ3v) is 3.23. The lowest BCUT2D eigenvalue weighted by atomic mass is 10.4. The quantitative estimate of drug-likeness (QED) is 0.445. The van der Waals surface area contributed by atoms with Gasteiger partial charge in [0.25, 0.3) is 0 Å². The average Bonchev–Trinajstić information content (AvgIpc) is 2.15. The zero-order chi connectivity index (χ0) is 13.3. The molecule has 0 aromatic heterocycles. The average molecular weight is 264 g/mol. The van der Waals surface area contributed by atoms with Gasteiger partial charge >= 0.3 is 0 Å². The minimum absolute atomic E-state index is 0.0890. The molecule has 0 spiro atoms. The lowest BCUT2D eigenvalue weighted by Crippen LogP contribution is -2.35. The van der Waals surface area contributed by atoms with E-state index in [0.29, 0.717) is 32.3 Å². The highest BCUT2D eigenvalue weighted by Gasteiger charge is 2.08. The summed E-state index contributed by atoms with van der Waals surface area (Å²) in [6.07, 6.45) is 0. The summed E-state index contributed by atoms with van der Waals surface area (Å²) in [7, 11) is -3.19. The van der Waals surface area contributed by atoms with Gasteiger partial charge in [-0.15, -0.1) is 0 Å². The van der Waals surface area contributed by atoms with Gasteiger partial charge in [0.2, 0.25) is 10.0 Å². The third kappa shape index (κ3) is 11.8. The zero-order valence-corrected chi connectivity index (χ0v) is 11.8. The fourth-order valence-corrected chi connectivity index (χ4v) is 2.00. The SMILES string of the molecule is C=C(C)COCCNS(=O)(=O)CCNC(C)C. The predicted molar refractivity (Wildman–Crippen MR) is 70.6 cm³/mol. The van der Waals surface area contributed by atoms with Gasteiger partial charge in [0.1, 0.15) is 0 Å². The van der Waals surface area contributed by atoms with Crippen molar-refractivity contribution < 1.29 is 13.2 Å². The Balaban J connectivity index is 3.61. The van der Waals surface area contributed by atoms with Gasteiger partial charge < -0.3 is 10.1 Å². The number of rotatable bonds is 10. The monoisotopic (exact) mass is 264 g/mol. The first-order valence-electron chi connectivity index (χ1n) is 5.76. The van der Waals surface area contributed by atoms with Crippen LogP contribution in [-0.4, -0.2) is 46.5 Å². The maximum atomic E-state index is 11.5. The van der Waals surface area contributed by atoms with E-state index in [4.69, 9.17) is 4.74 Å². The Bertz CT molecular complexity index is 313. The highest BCUT2D eigenvalue weighted by atomic mass is 32.2. The van der Waals surface area contributed by atoms with Gasteiger partial charge in [-0.25, -0.2) is 13.1 Å². The van der Waals surface area contributed by atoms with Crippen LogP contribution in [0.15, 0.2) is 12.2 Å². The summed E-state index contributed by atoms with van der Waals surface area (Å²) < 4.78 is 30.6. The molecule has 0 bridgehead atoms.